The number of hydrogen-bond donors (Lipinski definition) is 1. The van der Waals surface area contributed by atoms with Crippen molar-refractivity contribution in [3.63, 3.8) is 0 Å². The Balaban J connectivity index is 2.04. The van der Waals surface area contributed by atoms with E-state index >= 15 is 0 Å². The Morgan fingerprint density at radius 2 is 2.16 bits per heavy atom. The van der Waals surface area contributed by atoms with Gasteiger partial charge in [0.15, 0.2) is 5.16 Å². The second kappa shape index (κ2) is 6.21. The van der Waals surface area contributed by atoms with E-state index in [1.54, 1.807) is 11.8 Å². The highest BCUT2D eigenvalue weighted by molar-refractivity contribution is 7.98. The number of imidazole rings is 1. The summed E-state index contributed by atoms with van der Waals surface area (Å²) in [5, 5.41) is 9.27. The smallest absolute Gasteiger partial charge is 0.191 e. The highest BCUT2D eigenvalue weighted by Gasteiger charge is 2.11. The first kappa shape index (κ1) is 14.1. The van der Waals surface area contributed by atoms with Crippen LogP contribution in [0.15, 0.2) is 17.7 Å². The van der Waals surface area contributed by atoms with Gasteiger partial charge in [0.1, 0.15) is 5.82 Å². The molecule has 0 bridgehead atoms. The summed E-state index contributed by atoms with van der Waals surface area (Å²) in [6.07, 6.45) is 4.54. The molecule has 0 aliphatic rings. The molecular formula is C12H20N6S. The molecule has 2 aromatic heterocycles. The summed E-state index contributed by atoms with van der Waals surface area (Å²) < 4.78 is 4.18. The maximum atomic E-state index is 5.54. The normalized spacial score (nSPS) is 11.4. The van der Waals surface area contributed by atoms with Gasteiger partial charge in [-0.05, 0) is 20.4 Å². The molecular weight excluding hydrogens is 260 g/mol. The zero-order chi connectivity index (χ0) is 13.8. The van der Waals surface area contributed by atoms with Gasteiger partial charge in [-0.15, -0.1) is 10.2 Å². The van der Waals surface area contributed by atoms with E-state index in [9.17, 15) is 0 Å². The molecule has 2 heterocycles. The fourth-order valence-corrected chi connectivity index (χ4v) is 2.76. The van der Waals surface area contributed by atoms with Crippen molar-refractivity contribution in [2.45, 2.75) is 37.2 Å². The van der Waals surface area contributed by atoms with Crippen molar-refractivity contribution in [2.24, 2.45) is 12.8 Å². The fourth-order valence-electron chi connectivity index (χ4n) is 1.86. The lowest BCUT2D eigenvalue weighted by Crippen LogP contribution is -2.08. The molecule has 0 aliphatic carbocycles. The standard InChI is InChI=1S/C12H20N6S/c1-9(2)18-8-14-6-10(18)7-19-12-16-15-11(4-5-13)17(12)3/h6,8-9H,4-5,7,13H2,1-3H3. The second-order valence-corrected chi connectivity index (χ2v) is 5.61. The zero-order valence-corrected chi connectivity index (χ0v) is 12.4. The highest BCUT2D eigenvalue weighted by atomic mass is 32.2. The van der Waals surface area contributed by atoms with Crippen LogP contribution in [0.3, 0.4) is 0 Å². The second-order valence-electron chi connectivity index (χ2n) is 4.67. The van der Waals surface area contributed by atoms with Gasteiger partial charge in [-0.25, -0.2) is 4.98 Å². The van der Waals surface area contributed by atoms with Crippen LogP contribution in [0.4, 0.5) is 0 Å². The molecule has 0 fully saturated rings. The van der Waals surface area contributed by atoms with Crippen LogP contribution >= 0.6 is 11.8 Å². The molecule has 0 amide bonds. The Kier molecular flexibility index (Phi) is 4.60. The first-order valence-corrected chi connectivity index (χ1v) is 7.34. The lowest BCUT2D eigenvalue weighted by Gasteiger charge is -2.11. The summed E-state index contributed by atoms with van der Waals surface area (Å²) in [4.78, 5) is 4.20. The van der Waals surface area contributed by atoms with Crippen LogP contribution in [0.25, 0.3) is 0 Å². The van der Waals surface area contributed by atoms with Gasteiger partial charge in [0.25, 0.3) is 0 Å². The van der Waals surface area contributed by atoms with Crippen molar-refractivity contribution in [3.05, 3.63) is 24.0 Å². The topological polar surface area (TPSA) is 74.6 Å². The first-order valence-electron chi connectivity index (χ1n) is 6.35. The molecule has 0 radical (unpaired) electrons. The van der Waals surface area contributed by atoms with Crippen molar-refractivity contribution >= 4 is 11.8 Å². The minimum atomic E-state index is 0.422. The molecule has 2 rings (SSSR count). The van der Waals surface area contributed by atoms with E-state index in [1.807, 2.05) is 24.1 Å². The summed E-state index contributed by atoms with van der Waals surface area (Å²) in [5.74, 6) is 1.77. The van der Waals surface area contributed by atoms with E-state index in [0.717, 1.165) is 23.2 Å². The van der Waals surface area contributed by atoms with Gasteiger partial charge in [0.2, 0.25) is 0 Å². The van der Waals surface area contributed by atoms with Crippen molar-refractivity contribution < 1.29 is 0 Å². The quantitative estimate of drug-likeness (QED) is 0.809. The Morgan fingerprint density at radius 1 is 1.37 bits per heavy atom. The zero-order valence-electron chi connectivity index (χ0n) is 11.6. The molecule has 2 N–H and O–H groups in total. The van der Waals surface area contributed by atoms with Crippen molar-refractivity contribution in [1.29, 1.82) is 0 Å². The molecule has 2 aromatic rings. The minimum Gasteiger partial charge on any atom is -0.331 e. The number of thioether (sulfide) groups is 1. The molecule has 0 saturated carbocycles. The third-order valence-corrected chi connectivity index (χ3v) is 4.00. The lowest BCUT2D eigenvalue weighted by molar-refractivity contribution is 0.583. The van der Waals surface area contributed by atoms with Gasteiger partial charge in [-0.3, -0.25) is 0 Å². The van der Waals surface area contributed by atoms with Gasteiger partial charge in [-0.1, -0.05) is 11.8 Å². The molecule has 0 unspecified atom stereocenters. The molecule has 104 valence electrons. The summed E-state index contributed by atoms with van der Waals surface area (Å²) >= 11 is 1.67. The van der Waals surface area contributed by atoms with Crippen LogP contribution in [-0.2, 0) is 19.2 Å². The predicted octanol–water partition coefficient (Wildman–Crippen LogP) is 1.39. The van der Waals surface area contributed by atoms with Gasteiger partial charge >= 0.3 is 0 Å². The average molecular weight is 280 g/mol. The first-order chi connectivity index (χ1) is 9.13. The minimum absolute atomic E-state index is 0.422. The Morgan fingerprint density at radius 3 is 2.84 bits per heavy atom. The molecule has 19 heavy (non-hydrogen) atoms. The molecule has 0 aromatic carbocycles. The van der Waals surface area contributed by atoms with Gasteiger partial charge in [0.05, 0.1) is 6.33 Å². The maximum Gasteiger partial charge on any atom is 0.191 e. The Labute approximate surface area is 117 Å². The van der Waals surface area contributed by atoms with E-state index < -0.39 is 0 Å². The molecule has 0 saturated heterocycles. The number of nitrogens with zero attached hydrogens (tertiary/aromatic N) is 5. The molecule has 7 heteroatoms. The number of aromatic nitrogens is 5. The van der Waals surface area contributed by atoms with E-state index in [1.165, 1.54) is 5.69 Å². The number of rotatable bonds is 6. The molecule has 0 spiro atoms. The van der Waals surface area contributed by atoms with Gasteiger partial charge in [-0.2, -0.15) is 0 Å². The molecule has 6 nitrogen and oxygen atoms in total. The van der Waals surface area contributed by atoms with Crippen LogP contribution in [0.1, 0.15) is 31.4 Å². The van der Waals surface area contributed by atoms with Gasteiger partial charge < -0.3 is 14.9 Å². The molecule has 0 atom stereocenters. The van der Waals surface area contributed by atoms with E-state index in [2.05, 4.69) is 33.6 Å². The van der Waals surface area contributed by atoms with E-state index in [-0.39, 0.29) is 0 Å². The van der Waals surface area contributed by atoms with Gasteiger partial charge in [0, 0.05) is 37.2 Å². The number of nitrogens with two attached hydrogens (primary N) is 1. The van der Waals surface area contributed by atoms with Crippen molar-refractivity contribution in [1.82, 2.24) is 24.3 Å². The Bertz CT molecular complexity index is 530. The number of hydrogen-bond acceptors (Lipinski definition) is 5. The maximum absolute atomic E-state index is 5.54. The van der Waals surface area contributed by atoms with Crippen molar-refractivity contribution in [3.8, 4) is 0 Å². The van der Waals surface area contributed by atoms with Crippen LogP contribution in [0, 0.1) is 0 Å². The van der Waals surface area contributed by atoms with Crippen molar-refractivity contribution in [2.75, 3.05) is 6.54 Å². The third-order valence-electron chi connectivity index (χ3n) is 2.94. The summed E-state index contributed by atoms with van der Waals surface area (Å²) in [7, 11) is 1.98. The Hall–Kier alpha value is -1.34. The van der Waals surface area contributed by atoms with Crippen LogP contribution in [0.2, 0.25) is 0 Å². The van der Waals surface area contributed by atoms with E-state index in [4.69, 9.17) is 5.73 Å². The largest absolute Gasteiger partial charge is 0.331 e. The van der Waals surface area contributed by atoms with Crippen LogP contribution < -0.4 is 5.73 Å². The SMILES string of the molecule is CC(C)n1cncc1CSc1nnc(CCN)n1C. The monoisotopic (exact) mass is 280 g/mol. The summed E-state index contributed by atoms with van der Waals surface area (Å²) in [5.41, 5.74) is 6.74. The van der Waals surface area contributed by atoms with E-state index in [0.29, 0.717) is 12.6 Å². The summed E-state index contributed by atoms with van der Waals surface area (Å²) in [6.45, 7) is 4.89. The summed E-state index contributed by atoms with van der Waals surface area (Å²) in [6, 6.07) is 0.422. The highest BCUT2D eigenvalue weighted by Crippen LogP contribution is 2.22. The van der Waals surface area contributed by atoms with Crippen LogP contribution in [0.5, 0.6) is 0 Å². The fraction of sp³-hybridized carbons (Fsp3) is 0.583. The predicted molar refractivity (Wildman–Crippen MR) is 75.9 cm³/mol. The lowest BCUT2D eigenvalue weighted by atomic mass is 10.4. The average Bonchev–Trinajstić information content (AvgIpc) is 2.96. The molecule has 0 aliphatic heterocycles. The van der Waals surface area contributed by atoms with Crippen LogP contribution in [-0.4, -0.2) is 30.9 Å². The third kappa shape index (κ3) is 3.16.